The zero-order valence-electron chi connectivity index (χ0n) is 32.5. The van der Waals surface area contributed by atoms with Gasteiger partial charge >= 0.3 is 12.1 Å². The molecule has 0 bridgehead atoms. The van der Waals surface area contributed by atoms with Gasteiger partial charge in [-0.1, -0.05) is 66.7 Å². The normalized spacial score (nSPS) is 18.9. The van der Waals surface area contributed by atoms with Crippen LogP contribution in [0, 0.1) is 0 Å². The number of hydrogen-bond acceptors (Lipinski definition) is 8. The zero-order chi connectivity index (χ0) is 39.6. The summed E-state index contributed by atoms with van der Waals surface area (Å²) in [6.45, 7) is 6.71. The molecule has 1 heterocycles. The molecule has 3 aromatic rings. The van der Waals surface area contributed by atoms with Crippen LogP contribution in [-0.2, 0) is 29.3 Å². The average molecular weight is 755 g/mol. The number of unbranched alkanes of at least 4 members (excludes halogenated alkanes) is 1. The first-order valence-corrected chi connectivity index (χ1v) is 19.1. The van der Waals surface area contributed by atoms with Crippen molar-refractivity contribution in [2.24, 2.45) is 0 Å². The van der Waals surface area contributed by atoms with E-state index >= 15 is 0 Å². The third-order valence-electron chi connectivity index (χ3n) is 10.4. The predicted octanol–water partition coefficient (Wildman–Crippen LogP) is 5.63. The van der Waals surface area contributed by atoms with E-state index < -0.39 is 35.0 Å². The summed E-state index contributed by atoms with van der Waals surface area (Å²) in [6, 6.07) is 23.2. The minimum atomic E-state index is -1.17. The second kappa shape index (κ2) is 18.3. The van der Waals surface area contributed by atoms with Crippen LogP contribution in [0.25, 0.3) is 0 Å². The quantitative estimate of drug-likeness (QED) is 0.150. The number of para-hydroxylation sites is 1. The topological polar surface area (TPSA) is 152 Å². The monoisotopic (exact) mass is 754 g/mol. The number of piperidine rings is 1. The Morgan fingerprint density at radius 2 is 1.53 bits per heavy atom. The molecule has 0 spiro atoms. The van der Waals surface area contributed by atoms with Crippen LogP contribution in [0.3, 0.4) is 0 Å². The highest BCUT2D eigenvalue weighted by atomic mass is 16.6. The van der Waals surface area contributed by atoms with E-state index in [1.165, 1.54) is 14.2 Å². The van der Waals surface area contributed by atoms with Crippen molar-refractivity contribution in [1.82, 2.24) is 20.9 Å². The molecule has 5 rings (SSSR count). The van der Waals surface area contributed by atoms with Gasteiger partial charge in [-0.15, -0.1) is 0 Å². The van der Waals surface area contributed by atoms with Crippen molar-refractivity contribution in [2.75, 3.05) is 33.9 Å². The molecule has 1 aliphatic carbocycles. The van der Waals surface area contributed by atoms with E-state index in [2.05, 4.69) is 16.0 Å². The number of esters is 1. The van der Waals surface area contributed by atoms with E-state index in [1.807, 2.05) is 65.6 Å². The van der Waals surface area contributed by atoms with Crippen LogP contribution in [0.1, 0.15) is 98.7 Å². The van der Waals surface area contributed by atoms with Gasteiger partial charge in [0, 0.05) is 25.7 Å². The number of alkyl carbamates (subject to hydrolysis) is 1. The van der Waals surface area contributed by atoms with Gasteiger partial charge in [0.15, 0.2) is 0 Å². The third-order valence-corrected chi connectivity index (χ3v) is 10.4. The number of rotatable bonds is 13. The van der Waals surface area contributed by atoms with E-state index in [-0.39, 0.29) is 23.8 Å². The van der Waals surface area contributed by atoms with Gasteiger partial charge in [-0.25, -0.2) is 9.59 Å². The molecule has 1 aliphatic heterocycles. The van der Waals surface area contributed by atoms with Crippen LogP contribution >= 0.6 is 0 Å². The van der Waals surface area contributed by atoms with Crippen LogP contribution in [0.4, 0.5) is 4.79 Å². The summed E-state index contributed by atoms with van der Waals surface area (Å²) in [7, 11) is 2.83. The highest BCUT2D eigenvalue weighted by molar-refractivity contribution is 5.98. The summed E-state index contributed by atoms with van der Waals surface area (Å²) in [4.78, 5) is 69.0. The van der Waals surface area contributed by atoms with Crippen LogP contribution in [0.2, 0.25) is 0 Å². The maximum absolute atomic E-state index is 14.7. The summed E-state index contributed by atoms with van der Waals surface area (Å²) in [6.07, 6.45) is 2.87. The number of hydrogen-bond donors (Lipinski definition) is 3. The lowest BCUT2D eigenvalue weighted by Gasteiger charge is -2.43. The fraction of sp³-hybridized carbons (Fsp3) is 0.465. The second-order valence-electron chi connectivity index (χ2n) is 15.2. The zero-order valence-corrected chi connectivity index (χ0v) is 32.5. The fourth-order valence-corrected chi connectivity index (χ4v) is 7.70. The molecular weight excluding hydrogens is 700 g/mol. The van der Waals surface area contributed by atoms with E-state index in [0.717, 1.165) is 16.7 Å². The number of likely N-dealkylation sites (tertiary alicyclic amines) is 1. The molecule has 3 aromatic carbocycles. The molecule has 12 heteroatoms. The number of carbonyl (C=O) groups excluding carboxylic acids is 5. The number of ether oxygens (including phenoxy) is 3. The molecule has 12 nitrogen and oxygen atoms in total. The molecule has 0 unspecified atom stereocenters. The number of methoxy groups -OCH3 is 2. The first-order valence-electron chi connectivity index (χ1n) is 19.1. The Hall–Kier alpha value is -5.39. The van der Waals surface area contributed by atoms with Crippen LogP contribution in [0.15, 0.2) is 78.9 Å². The van der Waals surface area contributed by atoms with Gasteiger partial charge in [0.2, 0.25) is 11.8 Å². The smallest absolute Gasteiger partial charge is 0.407 e. The van der Waals surface area contributed by atoms with Crippen LogP contribution < -0.4 is 20.7 Å². The lowest BCUT2D eigenvalue weighted by molar-refractivity contribution is -0.146. The third kappa shape index (κ3) is 9.84. The van der Waals surface area contributed by atoms with Gasteiger partial charge in [0.1, 0.15) is 17.4 Å². The second-order valence-corrected chi connectivity index (χ2v) is 15.2. The Labute approximate surface area is 323 Å². The van der Waals surface area contributed by atoms with Crippen molar-refractivity contribution in [3.8, 4) is 5.75 Å². The van der Waals surface area contributed by atoms with Gasteiger partial charge in [0.05, 0.1) is 31.1 Å². The van der Waals surface area contributed by atoms with Gasteiger partial charge < -0.3 is 35.1 Å². The summed E-state index contributed by atoms with van der Waals surface area (Å²) in [5.41, 5.74) is 0.968. The first kappa shape index (κ1) is 40.8. The van der Waals surface area contributed by atoms with Crippen LogP contribution in [-0.4, -0.2) is 86.2 Å². The van der Waals surface area contributed by atoms with E-state index in [9.17, 15) is 24.0 Å². The summed E-state index contributed by atoms with van der Waals surface area (Å²) >= 11 is 0. The van der Waals surface area contributed by atoms with Crippen molar-refractivity contribution in [3.05, 3.63) is 101 Å². The molecular formula is C43H54N4O8. The number of nitrogens with one attached hydrogen (secondary N) is 3. The van der Waals surface area contributed by atoms with Gasteiger partial charge in [0.25, 0.3) is 5.91 Å². The van der Waals surface area contributed by atoms with Crippen molar-refractivity contribution in [1.29, 1.82) is 0 Å². The van der Waals surface area contributed by atoms with Crippen LogP contribution in [0.5, 0.6) is 5.75 Å². The van der Waals surface area contributed by atoms with E-state index in [1.54, 1.807) is 39.0 Å². The molecule has 0 radical (unpaired) electrons. The number of carbonyl (C=O) groups is 5. The van der Waals surface area contributed by atoms with Gasteiger partial charge in [-0.2, -0.15) is 0 Å². The summed E-state index contributed by atoms with van der Waals surface area (Å²) in [5, 5.41) is 8.87. The Morgan fingerprint density at radius 3 is 2.22 bits per heavy atom. The lowest BCUT2D eigenvalue weighted by Crippen LogP contribution is -2.54. The molecule has 3 atom stereocenters. The Kier molecular flexibility index (Phi) is 13.6. The molecule has 55 heavy (non-hydrogen) atoms. The minimum absolute atomic E-state index is 0.00328. The Balaban J connectivity index is 1.30. The predicted molar refractivity (Wildman–Crippen MR) is 208 cm³/mol. The molecule has 294 valence electrons. The molecule has 4 amide bonds. The number of fused-ring (bicyclic) bond motifs is 1. The van der Waals surface area contributed by atoms with E-state index in [0.29, 0.717) is 75.9 Å². The van der Waals surface area contributed by atoms with Crippen molar-refractivity contribution >= 4 is 29.8 Å². The highest BCUT2D eigenvalue weighted by Gasteiger charge is 2.49. The Morgan fingerprint density at radius 1 is 0.855 bits per heavy atom. The fourth-order valence-electron chi connectivity index (χ4n) is 7.70. The van der Waals surface area contributed by atoms with E-state index in [4.69, 9.17) is 14.2 Å². The van der Waals surface area contributed by atoms with Gasteiger partial charge in [-0.05, 0) is 94.5 Å². The van der Waals surface area contributed by atoms with Crippen molar-refractivity contribution in [2.45, 2.75) is 94.7 Å². The Bertz CT molecular complexity index is 1820. The largest absolute Gasteiger partial charge is 0.496 e. The molecule has 1 saturated heterocycles. The number of amides is 4. The lowest BCUT2D eigenvalue weighted by atomic mass is 9.62. The molecule has 0 aromatic heterocycles. The number of benzene rings is 3. The molecule has 3 N–H and O–H groups in total. The maximum Gasteiger partial charge on any atom is 0.407 e. The molecule has 2 aliphatic rings. The average Bonchev–Trinajstić information content (AvgIpc) is 3.19. The SMILES string of the molecule is COC(=O)[C@H](CCCCNC(=O)OC(C)(C)C)NC(=O)[C@@]1(c2ccccc2)CC[C@H](C(=O)N2CCC(NC(=O)c3ccccc3OC)CC2)c2ccccc21. The maximum atomic E-state index is 14.7. The van der Waals surface area contributed by atoms with Crippen molar-refractivity contribution in [3.63, 3.8) is 0 Å². The summed E-state index contributed by atoms with van der Waals surface area (Å²) < 4.78 is 15.8. The van der Waals surface area contributed by atoms with Crippen molar-refractivity contribution < 1.29 is 38.2 Å². The molecule has 1 fully saturated rings. The highest BCUT2D eigenvalue weighted by Crippen LogP contribution is 2.48. The minimum Gasteiger partial charge on any atom is -0.496 e. The number of nitrogens with zero attached hydrogens (tertiary/aromatic N) is 1. The molecule has 0 saturated carbocycles. The summed E-state index contributed by atoms with van der Waals surface area (Å²) in [5.74, 6) is -1.06. The standard InChI is InChI=1S/C43H54N4O8/c1-42(2,3)55-41(52)44-26-14-13-20-35(39(50)54-5)46-40(51)43(29-15-7-6-8-16-29)25-22-32(31-17-9-11-19-34(31)43)38(49)47-27-23-30(24-28-47)45-37(48)33-18-10-12-21-36(33)53-4/h6-12,15-19,21,30,32,35H,13-14,20,22-28H2,1-5H3,(H,44,52)(H,45,48)(H,46,51)/t32-,35-,43+/m0/s1. The first-order chi connectivity index (χ1) is 26.4. The van der Waals surface area contributed by atoms with Gasteiger partial charge in [-0.3, -0.25) is 14.4 Å².